The maximum absolute atomic E-state index is 12.6. The molecule has 0 aromatic heterocycles. The summed E-state index contributed by atoms with van der Waals surface area (Å²) in [5.41, 5.74) is 0.452. The van der Waals surface area contributed by atoms with E-state index in [9.17, 15) is 24.0 Å². The van der Waals surface area contributed by atoms with Crippen molar-refractivity contribution < 1.29 is 33.4 Å². The molecule has 9 heteroatoms. The molecule has 1 aromatic carbocycles. The Balaban J connectivity index is 1.61. The molecule has 0 spiro atoms. The van der Waals surface area contributed by atoms with Crippen molar-refractivity contribution in [1.82, 2.24) is 9.80 Å². The summed E-state index contributed by atoms with van der Waals surface area (Å²) < 4.78 is 10.1. The van der Waals surface area contributed by atoms with Gasteiger partial charge in [-0.3, -0.25) is 19.3 Å². The summed E-state index contributed by atoms with van der Waals surface area (Å²) in [4.78, 5) is 64.3. The van der Waals surface area contributed by atoms with Crippen LogP contribution in [0.4, 0.5) is 0 Å². The van der Waals surface area contributed by atoms with Crippen molar-refractivity contribution in [3.05, 3.63) is 35.4 Å². The van der Waals surface area contributed by atoms with E-state index in [1.54, 1.807) is 19.1 Å². The highest BCUT2D eigenvalue weighted by Crippen LogP contribution is 2.25. The number of ether oxygens (including phenoxy) is 2. The summed E-state index contributed by atoms with van der Waals surface area (Å²) >= 11 is 0. The number of carbonyl (C=O) groups excluding carboxylic acids is 5. The van der Waals surface area contributed by atoms with Gasteiger partial charge in [0.15, 0.2) is 6.61 Å². The SMILES string of the molecule is CCOC(=O)C1CCCCN1C(=O)COC(=O)C(C)N1C(=O)c2ccccc2C1=O. The molecule has 3 amide bonds. The summed E-state index contributed by atoms with van der Waals surface area (Å²) in [5, 5.41) is 0. The monoisotopic (exact) mass is 416 g/mol. The molecular formula is C21H24N2O7. The molecular weight excluding hydrogens is 392 g/mol. The molecule has 0 radical (unpaired) electrons. The molecule has 0 aliphatic carbocycles. The molecule has 1 aromatic rings. The van der Waals surface area contributed by atoms with Crippen LogP contribution in [0.15, 0.2) is 24.3 Å². The highest BCUT2D eigenvalue weighted by molar-refractivity contribution is 6.22. The maximum Gasteiger partial charge on any atom is 0.329 e. The summed E-state index contributed by atoms with van der Waals surface area (Å²) in [6.07, 6.45) is 2.02. The van der Waals surface area contributed by atoms with Crippen LogP contribution in [0.1, 0.15) is 53.8 Å². The number of hydrogen-bond acceptors (Lipinski definition) is 7. The van der Waals surface area contributed by atoms with Crippen LogP contribution in [0.3, 0.4) is 0 Å². The van der Waals surface area contributed by atoms with Crippen molar-refractivity contribution in [1.29, 1.82) is 0 Å². The maximum atomic E-state index is 12.6. The molecule has 160 valence electrons. The van der Waals surface area contributed by atoms with Crippen LogP contribution in [0, 0.1) is 0 Å². The molecule has 1 fully saturated rings. The Morgan fingerprint density at radius 1 is 1.07 bits per heavy atom. The lowest BCUT2D eigenvalue weighted by Gasteiger charge is -2.34. The third-order valence-corrected chi connectivity index (χ3v) is 5.27. The van der Waals surface area contributed by atoms with E-state index in [4.69, 9.17) is 9.47 Å². The molecule has 2 aliphatic heterocycles. The normalized spacial score (nSPS) is 19.3. The van der Waals surface area contributed by atoms with E-state index in [-0.39, 0.29) is 17.7 Å². The summed E-state index contributed by atoms with van der Waals surface area (Å²) in [7, 11) is 0. The number of imide groups is 1. The van der Waals surface area contributed by atoms with Gasteiger partial charge in [-0.25, -0.2) is 9.59 Å². The van der Waals surface area contributed by atoms with Crippen LogP contribution >= 0.6 is 0 Å². The average molecular weight is 416 g/mol. The summed E-state index contributed by atoms with van der Waals surface area (Å²) in [6.45, 7) is 3.06. The number of hydrogen-bond donors (Lipinski definition) is 0. The minimum atomic E-state index is -1.19. The molecule has 0 bridgehead atoms. The number of esters is 2. The molecule has 0 saturated carbocycles. The first-order valence-corrected chi connectivity index (χ1v) is 9.96. The summed E-state index contributed by atoms with van der Waals surface area (Å²) in [5.74, 6) is -3.02. The number of piperidine rings is 1. The average Bonchev–Trinajstić information content (AvgIpc) is 3.01. The second kappa shape index (κ2) is 9.06. The Morgan fingerprint density at radius 3 is 2.30 bits per heavy atom. The number of likely N-dealkylation sites (tertiary alicyclic amines) is 1. The van der Waals surface area contributed by atoms with Crippen molar-refractivity contribution in [3.8, 4) is 0 Å². The first-order valence-electron chi connectivity index (χ1n) is 9.96. The van der Waals surface area contributed by atoms with Gasteiger partial charge < -0.3 is 14.4 Å². The van der Waals surface area contributed by atoms with Crippen LogP contribution in [0.25, 0.3) is 0 Å². The van der Waals surface area contributed by atoms with E-state index < -0.39 is 48.4 Å². The van der Waals surface area contributed by atoms with E-state index in [0.29, 0.717) is 13.0 Å². The highest BCUT2D eigenvalue weighted by atomic mass is 16.5. The molecule has 2 aliphatic rings. The van der Waals surface area contributed by atoms with Gasteiger partial charge >= 0.3 is 11.9 Å². The summed E-state index contributed by atoms with van der Waals surface area (Å²) in [6, 6.07) is 4.42. The molecule has 0 N–H and O–H groups in total. The van der Waals surface area contributed by atoms with Gasteiger partial charge in [0.2, 0.25) is 0 Å². The van der Waals surface area contributed by atoms with Crippen molar-refractivity contribution >= 4 is 29.7 Å². The van der Waals surface area contributed by atoms with Crippen molar-refractivity contribution in [2.75, 3.05) is 19.8 Å². The number of rotatable bonds is 6. The fourth-order valence-corrected chi connectivity index (χ4v) is 3.71. The van der Waals surface area contributed by atoms with Crippen LogP contribution in [0.5, 0.6) is 0 Å². The standard InChI is InChI=1S/C21H24N2O7/c1-3-29-21(28)16-10-6-7-11-22(16)17(24)12-30-20(27)13(2)23-18(25)14-8-4-5-9-15(14)19(23)26/h4-5,8-9,13,16H,3,6-7,10-12H2,1-2H3. The molecule has 2 unspecified atom stereocenters. The molecule has 30 heavy (non-hydrogen) atoms. The van der Waals surface area contributed by atoms with E-state index in [1.807, 2.05) is 0 Å². The van der Waals surface area contributed by atoms with Gasteiger partial charge in [-0.1, -0.05) is 12.1 Å². The largest absolute Gasteiger partial charge is 0.464 e. The third kappa shape index (κ3) is 4.05. The minimum absolute atomic E-state index is 0.212. The minimum Gasteiger partial charge on any atom is -0.464 e. The van der Waals surface area contributed by atoms with Crippen molar-refractivity contribution in [2.24, 2.45) is 0 Å². The fourth-order valence-electron chi connectivity index (χ4n) is 3.71. The Hall–Kier alpha value is -3.23. The molecule has 2 atom stereocenters. The Bertz CT molecular complexity index is 847. The fraction of sp³-hybridized carbons (Fsp3) is 0.476. The van der Waals surface area contributed by atoms with Crippen molar-refractivity contribution in [3.63, 3.8) is 0 Å². The number of fused-ring (bicyclic) bond motifs is 1. The third-order valence-electron chi connectivity index (χ3n) is 5.27. The molecule has 3 rings (SSSR count). The van der Waals surface area contributed by atoms with Crippen LogP contribution < -0.4 is 0 Å². The number of benzene rings is 1. The predicted octanol–water partition coefficient (Wildman–Crippen LogP) is 1.16. The number of amides is 3. The number of nitrogens with zero attached hydrogens (tertiary/aromatic N) is 2. The van der Waals surface area contributed by atoms with Gasteiger partial charge in [0.25, 0.3) is 17.7 Å². The Morgan fingerprint density at radius 2 is 1.70 bits per heavy atom. The van der Waals surface area contributed by atoms with Crippen molar-refractivity contribution in [2.45, 2.75) is 45.2 Å². The predicted molar refractivity (Wildman–Crippen MR) is 103 cm³/mol. The molecule has 2 heterocycles. The lowest BCUT2D eigenvalue weighted by molar-refractivity contribution is -0.162. The zero-order valence-electron chi connectivity index (χ0n) is 17.0. The first-order chi connectivity index (χ1) is 14.4. The zero-order valence-corrected chi connectivity index (χ0v) is 17.0. The van der Waals surface area contributed by atoms with Gasteiger partial charge in [0.1, 0.15) is 12.1 Å². The topological polar surface area (TPSA) is 110 Å². The van der Waals surface area contributed by atoms with Gasteiger partial charge in [-0.05, 0) is 45.2 Å². The van der Waals surface area contributed by atoms with Crippen LogP contribution in [-0.2, 0) is 23.9 Å². The second-order valence-electron chi connectivity index (χ2n) is 7.16. The quantitative estimate of drug-likeness (QED) is 0.505. The van der Waals surface area contributed by atoms with Crippen LogP contribution in [-0.4, -0.2) is 71.3 Å². The van der Waals surface area contributed by atoms with Crippen LogP contribution in [0.2, 0.25) is 0 Å². The van der Waals surface area contributed by atoms with Gasteiger partial charge in [0, 0.05) is 6.54 Å². The molecule has 9 nitrogen and oxygen atoms in total. The van der Waals surface area contributed by atoms with E-state index in [0.717, 1.165) is 17.7 Å². The van der Waals surface area contributed by atoms with Gasteiger partial charge in [-0.2, -0.15) is 0 Å². The van der Waals surface area contributed by atoms with E-state index in [1.165, 1.54) is 24.0 Å². The Kier molecular flexibility index (Phi) is 6.49. The molecule has 1 saturated heterocycles. The highest BCUT2D eigenvalue weighted by Gasteiger charge is 2.41. The number of carbonyl (C=O) groups is 5. The van der Waals surface area contributed by atoms with E-state index >= 15 is 0 Å². The lowest BCUT2D eigenvalue weighted by atomic mass is 10.0. The first kappa shape index (κ1) is 21.5. The smallest absolute Gasteiger partial charge is 0.329 e. The lowest BCUT2D eigenvalue weighted by Crippen LogP contribution is -2.50. The Labute approximate surface area is 173 Å². The second-order valence-corrected chi connectivity index (χ2v) is 7.16. The van der Waals surface area contributed by atoms with Gasteiger partial charge in [-0.15, -0.1) is 0 Å². The zero-order chi connectivity index (χ0) is 21.8. The van der Waals surface area contributed by atoms with Gasteiger partial charge in [0.05, 0.1) is 17.7 Å². The van der Waals surface area contributed by atoms with E-state index in [2.05, 4.69) is 0 Å².